The highest BCUT2D eigenvalue weighted by Gasteiger charge is 2.32. The van der Waals surface area contributed by atoms with Gasteiger partial charge in [0, 0.05) is 32.2 Å². The molecule has 0 N–H and O–H groups in total. The Morgan fingerprint density at radius 1 is 1.10 bits per heavy atom. The van der Waals surface area contributed by atoms with Crippen LogP contribution in [0.1, 0.15) is 40.0 Å². The zero-order valence-corrected chi connectivity index (χ0v) is 19.2. The topological polar surface area (TPSA) is 92.8 Å². The van der Waals surface area contributed by atoms with Crippen molar-refractivity contribution in [3.8, 4) is 0 Å². The first kappa shape index (κ1) is 22.1. The summed E-state index contributed by atoms with van der Waals surface area (Å²) in [4.78, 5) is 27.1. The number of piperidine rings is 2. The molecule has 2 aliphatic heterocycles. The third kappa shape index (κ3) is 4.43. The van der Waals surface area contributed by atoms with Gasteiger partial charge in [0.15, 0.2) is 5.58 Å². The number of aromatic nitrogens is 1. The van der Waals surface area contributed by atoms with Crippen LogP contribution in [0.4, 0.5) is 0 Å². The summed E-state index contributed by atoms with van der Waals surface area (Å²) in [6.07, 6.45) is 3.07. The zero-order chi connectivity index (χ0) is 22.3. The van der Waals surface area contributed by atoms with E-state index in [9.17, 15) is 18.0 Å². The van der Waals surface area contributed by atoms with E-state index in [2.05, 4.69) is 20.8 Å². The molecule has 2 fully saturated rings. The van der Waals surface area contributed by atoms with Crippen molar-refractivity contribution in [3.05, 3.63) is 28.7 Å². The molecule has 4 rings (SSSR count). The van der Waals surface area contributed by atoms with Gasteiger partial charge in [-0.2, -0.15) is 4.31 Å². The fourth-order valence-electron chi connectivity index (χ4n) is 4.96. The molecule has 2 aromatic rings. The summed E-state index contributed by atoms with van der Waals surface area (Å²) < 4.78 is 34.5. The van der Waals surface area contributed by atoms with Gasteiger partial charge in [-0.25, -0.2) is 13.2 Å². The molecule has 0 unspecified atom stereocenters. The van der Waals surface area contributed by atoms with Gasteiger partial charge in [-0.05, 0) is 49.1 Å². The lowest BCUT2D eigenvalue weighted by molar-refractivity contribution is -0.133. The SMILES string of the molecule is C[C@@H]1CCCN(C(=O)Cn2c(=O)oc3cc(S(=O)(=O)N4C[C@H](C)C[C@H](C)C4)ccc32)C1. The molecule has 2 saturated heterocycles. The van der Waals surface area contributed by atoms with Crippen molar-refractivity contribution in [2.24, 2.45) is 17.8 Å². The van der Waals surface area contributed by atoms with E-state index in [0.29, 0.717) is 49.4 Å². The van der Waals surface area contributed by atoms with Gasteiger partial charge in [0.05, 0.1) is 10.4 Å². The van der Waals surface area contributed by atoms with Crippen molar-refractivity contribution in [1.82, 2.24) is 13.8 Å². The average molecular weight is 450 g/mol. The van der Waals surface area contributed by atoms with Crippen molar-refractivity contribution in [2.75, 3.05) is 26.2 Å². The number of hydrogen-bond acceptors (Lipinski definition) is 5. The Morgan fingerprint density at radius 3 is 2.48 bits per heavy atom. The van der Waals surface area contributed by atoms with Crippen molar-refractivity contribution < 1.29 is 17.6 Å². The Kier molecular flexibility index (Phi) is 6.00. The molecule has 1 aromatic carbocycles. The van der Waals surface area contributed by atoms with E-state index < -0.39 is 15.8 Å². The lowest BCUT2D eigenvalue weighted by Crippen LogP contribution is -2.42. The summed E-state index contributed by atoms with van der Waals surface area (Å²) in [6.45, 7) is 8.48. The summed E-state index contributed by atoms with van der Waals surface area (Å²) in [5.74, 6) is 0.269. The van der Waals surface area contributed by atoms with E-state index in [-0.39, 0.29) is 22.9 Å². The summed E-state index contributed by atoms with van der Waals surface area (Å²) >= 11 is 0. The Balaban J connectivity index is 1.60. The van der Waals surface area contributed by atoms with Crippen LogP contribution in [0.25, 0.3) is 11.1 Å². The second-order valence-electron chi connectivity index (χ2n) is 9.44. The Bertz CT molecular complexity index is 1130. The molecule has 0 aliphatic carbocycles. The second kappa shape index (κ2) is 8.43. The number of rotatable bonds is 4. The van der Waals surface area contributed by atoms with E-state index in [1.165, 1.54) is 21.0 Å². The van der Waals surface area contributed by atoms with Crippen molar-refractivity contribution in [3.63, 3.8) is 0 Å². The fraction of sp³-hybridized carbons (Fsp3) is 0.636. The first-order valence-corrected chi connectivity index (χ1v) is 12.5. The normalized spacial score (nSPS) is 25.8. The molecule has 1 aromatic heterocycles. The van der Waals surface area contributed by atoms with Gasteiger partial charge in [-0.3, -0.25) is 9.36 Å². The molecule has 8 nitrogen and oxygen atoms in total. The molecule has 9 heteroatoms. The number of nitrogens with zero attached hydrogens (tertiary/aromatic N) is 3. The van der Waals surface area contributed by atoms with E-state index >= 15 is 0 Å². The highest BCUT2D eigenvalue weighted by molar-refractivity contribution is 7.89. The smallest absolute Gasteiger partial charge is 0.408 e. The van der Waals surface area contributed by atoms with Gasteiger partial charge < -0.3 is 9.32 Å². The summed E-state index contributed by atoms with van der Waals surface area (Å²) in [5, 5.41) is 0. The molecule has 0 spiro atoms. The maximum atomic E-state index is 13.2. The number of carbonyl (C=O) groups is 1. The molecule has 2 aliphatic rings. The van der Waals surface area contributed by atoms with Gasteiger partial charge >= 0.3 is 5.76 Å². The summed E-state index contributed by atoms with van der Waals surface area (Å²) in [5.41, 5.74) is 0.617. The van der Waals surface area contributed by atoms with E-state index in [1.807, 2.05) is 0 Å². The van der Waals surface area contributed by atoms with Crippen LogP contribution < -0.4 is 5.76 Å². The molecule has 3 heterocycles. The van der Waals surface area contributed by atoms with Crippen LogP contribution in [0.15, 0.2) is 32.3 Å². The van der Waals surface area contributed by atoms with E-state index in [4.69, 9.17) is 4.42 Å². The van der Waals surface area contributed by atoms with Crippen LogP contribution >= 0.6 is 0 Å². The van der Waals surface area contributed by atoms with Crippen LogP contribution in [-0.2, 0) is 21.4 Å². The minimum atomic E-state index is -3.68. The number of sulfonamides is 1. The fourth-order valence-corrected chi connectivity index (χ4v) is 6.65. The van der Waals surface area contributed by atoms with Crippen molar-refractivity contribution in [1.29, 1.82) is 0 Å². The first-order chi connectivity index (χ1) is 14.6. The maximum absolute atomic E-state index is 13.2. The number of fused-ring (bicyclic) bond motifs is 1. The highest BCUT2D eigenvalue weighted by Crippen LogP contribution is 2.28. The monoisotopic (exact) mass is 449 g/mol. The van der Waals surface area contributed by atoms with E-state index in [0.717, 1.165) is 19.3 Å². The lowest BCUT2D eigenvalue weighted by Gasteiger charge is -2.34. The van der Waals surface area contributed by atoms with E-state index in [1.54, 1.807) is 11.0 Å². The van der Waals surface area contributed by atoms with Crippen LogP contribution in [0.3, 0.4) is 0 Å². The largest absolute Gasteiger partial charge is 0.420 e. The third-order valence-corrected chi connectivity index (χ3v) is 8.24. The molecular formula is C22H31N3O5S. The van der Waals surface area contributed by atoms with Crippen LogP contribution in [-0.4, -0.2) is 54.3 Å². The Labute approximate surface area is 182 Å². The minimum absolute atomic E-state index is 0.105. The molecule has 31 heavy (non-hydrogen) atoms. The standard InChI is InChI=1S/C22H31N3O5S/c1-15-5-4-8-23(11-15)21(26)14-25-19-7-6-18(10-20(19)30-22(25)27)31(28,29)24-12-16(2)9-17(3)13-24/h6-7,10,15-17H,4-5,8-9,11-14H2,1-3H3/t15-,16-,17+/m1/s1. The number of likely N-dealkylation sites (tertiary alicyclic amines) is 1. The maximum Gasteiger partial charge on any atom is 0.420 e. The van der Waals surface area contributed by atoms with Crippen LogP contribution in [0.2, 0.25) is 0 Å². The predicted molar refractivity (Wildman–Crippen MR) is 117 cm³/mol. The van der Waals surface area contributed by atoms with Gasteiger partial charge in [0.25, 0.3) is 0 Å². The number of hydrogen-bond donors (Lipinski definition) is 0. The van der Waals surface area contributed by atoms with Crippen LogP contribution in [0.5, 0.6) is 0 Å². The molecule has 0 saturated carbocycles. The number of oxazole rings is 1. The quantitative estimate of drug-likeness (QED) is 0.715. The lowest BCUT2D eigenvalue weighted by atomic mass is 9.94. The number of carbonyl (C=O) groups excluding carboxylic acids is 1. The van der Waals surface area contributed by atoms with Crippen molar-refractivity contribution >= 4 is 27.0 Å². The molecular weight excluding hydrogens is 418 g/mol. The summed E-state index contributed by atoms with van der Waals surface area (Å²) in [6, 6.07) is 4.47. The third-order valence-electron chi connectivity index (χ3n) is 6.42. The Hall–Kier alpha value is -2.13. The molecule has 3 atom stereocenters. The Morgan fingerprint density at radius 2 is 1.81 bits per heavy atom. The highest BCUT2D eigenvalue weighted by atomic mass is 32.2. The van der Waals surface area contributed by atoms with Gasteiger partial charge in [0.1, 0.15) is 6.54 Å². The number of benzene rings is 1. The molecule has 170 valence electrons. The zero-order valence-electron chi connectivity index (χ0n) is 18.4. The second-order valence-corrected chi connectivity index (χ2v) is 11.4. The molecule has 0 bridgehead atoms. The molecule has 1 amide bonds. The predicted octanol–water partition coefficient (Wildman–Crippen LogP) is 2.52. The first-order valence-electron chi connectivity index (χ1n) is 11.1. The van der Waals surface area contributed by atoms with Crippen LogP contribution in [0, 0.1) is 17.8 Å². The average Bonchev–Trinajstić information content (AvgIpc) is 3.01. The van der Waals surface area contributed by atoms with Crippen molar-refractivity contribution in [2.45, 2.75) is 51.5 Å². The summed E-state index contributed by atoms with van der Waals surface area (Å²) in [7, 11) is -3.68. The van der Waals surface area contributed by atoms with Gasteiger partial charge in [-0.1, -0.05) is 20.8 Å². The van der Waals surface area contributed by atoms with Gasteiger partial charge in [-0.15, -0.1) is 0 Å². The number of amides is 1. The minimum Gasteiger partial charge on any atom is -0.408 e. The molecule has 0 radical (unpaired) electrons. The van der Waals surface area contributed by atoms with Gasteiger partial charge in [0.2, 0.25) is 15.9 Å².